The summed E-state index contributed by atoms with van der Waals surface area (Å²) in [7, 11) is 1.34. The number of hydrogen-bond acceptors (Lipinski definition) is 0. The number of hydrogen-bond donors (Lipinski definition) is 0. The molecule has 3 rings (SSSR count). The molecule has 0 amide bonds. The zero-order chi connectivity index (χ0) is 10.3. The van der Waals surface area contributed by atoms with Gasteiger partial charge in [-0.1, -0.05) is 44.6 Å². The molecule has 15 heavy (non-hydrogen) atoms. The van der Waals surface area contributed by atoms with Crippen LogP contribution in [-0.2, 0) is 0 Å². The summed E-state index contributed by atoms with van der Waals surface area (Å²) in [5.41, 5.74) is 1.40. The van der Waals surface area contributed by atoms with Gasteiger partial charge in [0.05, 0.1) is 0 Å². The lowest BCUT2D eigenvalue weighted by atomic mass is 10.1. The summed E-state index contributed by atoms with van der Waals surface area (Å²) < 4.78 is 0. The fraction of sp³-hybridized carbons (Fsp3) is 0.0714. The SMILES string of the molecule is Cc1c2ccccc2pc2ccccc12. The zero-order valence-corrected chi connectivity index (χ0v) is 9.46. The lowest BCUT2D eigenvalue weighted by Gasteiger charge is -2.06. The molecule has 1 aromatic heterocycles. The fourth-order valence-electron chi connectivity index (χ4n) is 2.05. The first kappa shape index (κ1) is 8.88. The Morgan fingerprint density at radius 2 is 1.20 bits per heavy atom. The van der Waals surface area contributed by atoms with Crippen molar-refractivity contribution in [3.05, 3.63) is 54.1 Å². The Hall–Kier alpha value is -1.39. The van der Waals surface area contributed by atoms with Gasteiger partial charge in [-0.15, -0.1) is 0 Å². The first-order valence-electron chi connectivity index (χ1n) is 5.10. The Labute approximate surface area is 90.7 Å². The Morgan fingerprint density at radius 3 is 1.73 bits per heavy atom. The molecule has 0 atom stereocenters. The quantitative estimate of drug-likeness (QED) is 0.464. The largest absolute Gasteiger partial charge is 0.0616 e. The van der Waals surface area contributed by atoms with E-state index in [1.54, 1.807) is 0 Å². The van der Waals surface area contributed by atoms with Crippen molar-refractivity contribution in [1.82, 2.24) is 0 Å². The van der Waals surface area contributed by atoms with Crippen LogP contribution < -0.4 is 0 Å². The Morgan fingerprint density at radius 1 is 0.733 bits per heavy atom. The third-order valence-electron chi connectivity index (χ3n) is 2.86. The molecule has 0 bridgehead atoms. The number of rotatable bonds is 0. The van der Waals surface area contributed by atoms with Gasteiger partial charge in [-0.05, 0) is 35.4 Å². The van der Waals surface area contributed by atoms with Crippen LogP contribution in [0.3, 0.4) is 0 Å². The molecule has 0 aliphatic heterocycles. The lowest BCUT2D eigenvalue weighted by Crippen LogP contribution is -1.78. The normalized spacial score (nSPS) is 11.0. The van der Waals surface area contributed by atoms with E-state index in [0.717, 1.165) is 0 Å². The molecule has 0 unspecified atom stereocenters. The molecule has 0 nitrogen and oxygen atoms in total. The van der Waals surface area contributed by atoms with Gasteiger partial charge in [0.15, 0.2) is 0 Å². The first-order chi connectivity index (χ1) is 7.36. The second-order valence-corrected chi connectivity index (χ2v) is 4.96. The molecule has 3 aromatic rings. The molecule has 2 aromatic carbocycles. The maximum atomic E-state index is 2.22. The van der Waals surface area contributed by atoms with Crippen LogP contribution in [0.5, 0.6) is 0 Å². The van der Waals surface area contributed by atoms with Crippen LogP contribution in [0.1, 0.15) is 5.56 Å². The van der Waals surface area contributed by atoms with Gasteiger partial charge in [0.25, 0.3) is 0 Å². The summed E-state index contributed by atoms with van der Waals surface area (Å²) in [4.78, 5) is 0. The van der Waals surface area contributed by atoms with Crippen LogP contribution in [-0.4, -0.2) is 0 Å². The van der Waals surface area contributed by atoms with Crippen LogP contribution in [0.2, 0.25) is 0 Å². The molecule has 0 N–H and O–H groups in total. The highest BCUT2D eigenvalue weighted by atomic mass is 31.0. The molecule has 1 heteroatoms. The van der Waals surface area contributed by atoms with Gasteiger partial charge in [-0.25, -0.2) is 0 Å². The highest BCUT2D eigenvalue weighted by Gasteiger charge is 2.02. The van der Waals surface area contributed by atoms with Gasteiger partial charge in [0.2, 0.25) is 0 Å². The molecule has 0 spiro atoms. The zero-order valence-electron chi connectivity index (χ0n) is 8.57. The van der Waals surface area contributed by atoms with Crippen LogP contribution >= 0.6 is 8.19 Å². The molecule has 0 saturated heterocycles. The van der Waals surface area contributed by atoms with Gasteiger partial charge < -0.3 is 0 Å². The van der Waals surface area contributed by atoms with Crippen LogP contribution in [0.4, 0.5) is 0 Å². The number of aryl methyl sites for hydroxylation is 1. The van der Waals surface area contributed by atoms with Gasteiger partial charge in [-0.3, -0.25) is 0 Å². The maximum Gasteiger partial charge on any atom is 0.00990 e. The van der Waals surface area contributed by atoms with E-state index in [-0.39, 0.29) is 0 Å². The van der Waals surface area contributed by atoms with Crippen molar-refractivity contribution >= 4 is 29.2 Å². The van der Waals surface area contributed by atoms with Crippen molar-refractivity contribution in [2.45, 2.75) is 6.92 Å². The molecular weight excluding hydrogens is 199 g/mol. The van der Waals surface area contributed by atoms with Crippen LogP contribution in [0.25, 0.3) is 21.0 Å². The topological polar surface area (TPSA) is 0 Å². The van der Waals surface area contributed by atoms with E-state index in [0.29, 0.717) is 0 Å². The second-order valence-electron chi connectivity index (χ2n) is 3.77. The third-order valence-corrected chi connectivity index (χ3v) is 4.12. The van der Waals surface area contributed by atoms with Crippen molar-refractivity contribution in [3.63, 3.8) is 0 Å². The molecule has 0 fully saturated rings. The molecule has 1 heterocycles. The minimum absolute atomic E-state index is 1.34. The fourth-order valence-corrected chi connectivity index (χ4v) is 3.36. The standard InChI is InChI=1S/C14H11P/c1-10-11-6-2-4-8-13(11)15-14-9-5-3-7-12(10)14/h2-9H,1H3. The highest BCUT2D eigenvalue weighted by molar-refractivity contribution is 7.43. The smallest absolute Gasteiger partial charge is 0.00990 e. The minimum Gasteiger partial charge on any atom is -0.0616 e. The summed E-state index contributed by atoms with van der Waals surface area (Å²) in [5, 5.41) is 5.65. The highest BCUT2D eigenvalue weighted by Crippen LogP contribution is 2.35. The average molecular weight is 210 g/mol. The van der Waals surface area contributed by atoms with E-state index in [1.165, 1.54) is 34.8 Å². The second kappa shape index (κ2) is 3.32. The van der Waals surface area contributed by atoms with Crippen molar-refractivity contribution in [3.8, 4) is 0 Å². The first-order valence-corrected chi connectivity index (χ1v) is 6.00. The van der Waals surface area contributed by atoms with Crippen LogP contribution in [0, 0.1) is 6.92 Å². The molecule has 0 aliphatic rings. The Kier molecular flexibility index (Phi) is 1.97. The van der Waals surface area contributed by atoms with E-state index >= 15 is 0 Å². The van der Waals surface area contributed by atoms with Gasteiger partial charge in [-0.2, -0.15) is 0 Å². The number of benzene rings is 2. The summed E-state index contributed by atoms with van der Waals surface area (Å²) in [6, 6.07) is 17.3. The predicted octanol–water partition coefficient (Wildman–Crippen LogP) is 4.88. The molecule has 72 valence electrons. The van der Waals surface area contributed by atoms with E-state index in [1.807, 2.05) is 0 Å². The predicted molar refractivity (Wildman–Crippen MR) is 68.7 cm³/mol. The van der Waals surface area contributed by atoms with Crippen molar-refractivity contribution < 1.29 is 0 Å². The molecule has 0 aliphatic carbocycles. The molecule has 0 radical (unpaired) electrons. The summed E-state index contributed by atoms with van der Waals surface area (Å²) in [5.74, 6) is 0. The van der Waals surface area contributed by atoms with E-state index < -0.39 is 0 Å². The summed E-state index contributed by atoms with van der Waals surface area (Å²) >= 11 is 0. The number of fused-ring (bicyclic) bond motifs is 2. The van der Waals surface area contributed by atoms with Gasteiger partial charge in [0.1, 0.15) is 0 Å². The van der Waals surface area contributed by atoms with Crippen molar-refractivity contribution in [2.75, 3.05) is 0 Å². The summed E-state index contributed by atoms with van der Waals surface area (Å²) in [6.45, 7) is 2.21. The molecule has 0 saturated carbocycles. The third kappa shape index (κ3) is 1.33. The van der Waals surface area contributed by atoms with Crippen molar-refractivity contribution in [1.29, 1.82) is 0 Å². The monoisotopic (exact) mass is 210 g/mol. The van der Waals surface area contributed by atoms with Crippen LogP contribution in [0.15, 0.2) is 48.5 Å². The maximum absolute atomic E-state index is 2.22. The van der Waals surface area contributed by atoms with Gasteiger partial charge in [0, 0.05) is 10.2 Å². The van der Waals surface area contributed by atoms with E-state index in [9.17, 15) is 0 Å². The molecular formula is C14H11P. The Balaban J connectivity index is 2.60. The Bertz CT molecular complexity index is 587. The van der Waals surface area contributed by atoms with Gasteiger partial charge >= 0.3 is 0 Å². The lowest BCUT2D eigenvalue weighted by molar-refractivity contribution is 1.60. The summed E-state index contributed by atoms with van der Waals surface area (Å²) in [6.07, 6.45) is 0. The van der Waals surface area contributed by atoms with E-state index in [2.05, 4.69) is 55.5 Å². The minimum atomic E-state index is 1.34. The average Bonchev–Trinajstić information content (AvgIpc) is 2.30. The van der Waals surface area contributed by atoms with E-state index in [4.69, 9.17) is 0 Å². The van der Waals surface area contributed by atoms with Crippen molar-refractivity contribution in [2.24, 2.45) is 0 Å².